The van der Waals surface area contributed by atoms with Crippen molar-refractivity contribution >= 4 is 13.8 Å². The van der Waals surface area contributed by atoms with E-state index in [4.69, 9.17) is 14.9 Å². The molecule has 72 valence electrons. The number of hydrogen-bond donors (Lipinski definition) is 3. The van der Waals surface area contributed by atoms with E-state index in [0.29, 0.717) is 0 Å². The van der Waals surface area contributed by atoms with Crippen molar-refractivity contribution in [2.75, 3.05) is 6.61 Å². The number of phosphoric ester groups is 1. The molecular weight excluding hydrogens is 187 g/mol. The summed E-state index contributed by atoms with van der Waals surface area (Å²) in [6, 6.07) is 0. The number of hydrogen-bond acceptors (Lipinski definition) is 4. The second kappa shape index (κ2) is 4.57. The fourth-order valence-electron chi connectivity index (χ4n) is 0.519. The second-order valence-corrected chi connectivity index (χ2v) is 3.61. The SMILES string of the molecule is CC(CO)CC(=O)OP(=O)(O)O. The molecule has 6 nitrogen and oxygen atoms in total. The Hall–Kier alpha value is -0.420. The lowest BCUT2D eigenvalue weighted by molar-refractivity contribution is -0.136. The van der Waals surface area contributed by atoms with Gasteiger partial charge in [-0.15, -0.1) is 0 Å². The third-order valence-electron chi connectivity index (χ3n) is 1.05. The number of rotatable bonds is 4. The molecule has 3 N–H and O–H groups in total. The Morgan fingerprint density at radius 2 is 2.08 bits per heavy atom. The molecule has 0 spiro atoms. The van der Waals surface area contributed by atoms with Crippen LogP contribution in [0.5, 0.6) is 0 Å². The third-order valence-corrected chi connectivity index (χ3v) is 1.49. The monoisotopic (exact) mass is 198 g/mol. The highest BCUT2D eigenvalue weighted by molar-refractivity contribution is 7.46. The summed E-state index contributed by atoms with van der Waals surface area (Å²) in [4.78, 5) is 27.0. The van der Waals surface area contributed by atoms with Crippen molar-refractivity contribution in [2.24, 2.45) is 5.92 Å². The highest BCUT2D eigenvalue weighted by atomic mass is 31.2. The molecule has 0 bridgehead atoms. The van der Waals surface area contributed by atoms with E-state index in [9.17, 15) is 9.36 Å². The average Bonchev–Trinajstić information content (AvgIpc) is 1.82. The van der Waals surface area contributed by atoms with Gasteiger partial charge >= 0.3 is 13.8 Å². The van der Waals surface area contributed by atoms with Gasteiger partial charge in [-0.05, 0) is 5.92 Å². The van der Waals surface area contributed by atoms with Crippen LogP contribution in [0.15, 0.2) is 0 Å². The molecule has 0 heterocycles. The van der Waals surface area contributed by atoms with Crippen molar-refractivity contribution in [2.45, 2.75) is 13.3 Å². The first-order chi connectivity index (χ1) is 5.35. The molecule has 12 heavy (non-hydrogen) atoms. The van der Waals surface area contributed by atoms with Crippen LogP contribution in [-0.2, 0) is 13.9 Å². The van der Waals surface area contributed by atoms with Gasteiger partial charge in [0.05, 0.1) is 6.42 Å². The molecule has 1 atom stereocenters. The molecule has 0 saturated heterocycles. The van der Waals surface area contributed by atoms with Crippen LogP contribution in [-0.4, -0.2) is 27.5 Å². The molecule has 0 saturated carbocycles. The van der Waals surface area contributed by atoms with Crippen LogP contribution in [0.4, 0.5) is 0 Å². The summed E-state index contributed by atoms with van der Waals surface area (Å²) in [5.41, 5.74) is 0. The van der Waals surface area contributed by atoms with Gasteiger partial charge in [0.2, 0.25) is 0 Å². The zero-order chi connectivity index (χ0) is 9.78. The highest BCUT2D eigenvalue weighted by Crippen LogP contribution is 2.36. The topological polar surface area (TPSA) is 104 Å². The van der Waals surface area contributed by atoms with Gasteiger partial charge in [-0.3, -0.25) is 14.6 Å². The molecule has 1 unspecified atom stereocenters. The van der Waals surface area contributed by atoms with Crippen LogP contribution in [0.25, 0.3) is 0 Å². The van der Waals surface area contributed by atoms with Crippen molar-refractivity contribution < 1.29 is 28.8 Å². The standard InChI is InChI=1S/C5H11O6P/c1-4(3-6)2-5(7)11-12(8,9)10/h4,6H,2-3H2,1H3,(H2,8,9,10). The van der Waals surface area contributed by atoms with Crippen LogP contribution < -0.4 is 0 Å². The van der Waals surface area contributed by atoms with E-state index in [1.54, 1.807) is 6.92 Å². The molecule has 0 aromatic carbocycles. The molecule has 0 aromatic rings. The Labute approximate surface area is 69.4 Å². The van der Waals surface area contributed by atoms with Crippen molar-refractivity contribution in [1.82, 2.24) is 0 Å². The Kier molecular flexibility index (Phi) is 4.41. The summed E-state index contributed by atoms with van der Waals surface area (Å²) < 4.78 is 13.8. The van der Waals surface area contributed by atoms with E-state index in [0.717, 1.165) is 0 Å². The Bertz CT molecular complexity index is 196. The lowest BCUT2D eigenvalue weighted by atomic mass is 10.1. The third kappa shape index (κ3) is 6.30. The lowest BCUT2D eigenvalue weighted by Crippen LogP contribution is -2.10. The predicted octanol–water partition coefficient (Wildman–Crippen LogP) is -0.359. The highest BCUT2D eigenvalue weighted by Gasteiger charge is 2.21. The number of carbonyl (C=O) groups is 1. The summed E-state index contributed by atoms with van der Waals surface area (Å²) in [7, 11) is -4.72. The first kappa shape index (κ1) is 11.6. The molecule has 0 aromatic heterocycles. The van der Waals surface area contributed by atoms with Gasteiger partial charge in [0.15, 0.2) is 0 Å². The summed E-state index contributed by atoms with van der Waals surface area (Å²) in [5, 5.41) is 8.48. The number of phosphoric acid groups is 1. The molecule has 0 rings (SSSR count). The molecule has 0 fully saturated rings. The maximum absolute atomic E-state index is 10.6. The van der Waals surface area contributed by atoms with E-state index in [2.05, 4.69) is 4.52 Å². The van der Waals surface area contributed by atoms with Gasteiger partial charge < -0.3 is 9.63 Å². The smallest absolute Gasteiger partial charge is 0.396 e. The predicted molar refractivity (Wildman–Crippen MR) is 39.0 cm³/mol. The van der Waals surface area contributed by atoms with Gasteiger partial charge in [0, 0.05) is 6.61 Å². The maximum atomic E-state index is 10.6. The van der Waals surface area contributed by atoms with Crippen LogP contribution in [0.3, 0.4) is 0 Å². The van der Waals surface area contributed by atoms with E-state index in [1.807, 2.05) is 0 Å². The van der Waals surface area contributed by atoms with Crippen LogP contribution in [0.2, 0.25) is 0 Å². The zero-order valence-electron chi connectivity index (χ0n) is 6.51. The molecule has 0 radical (unpaired) electrons. The number of aliphatic hydroxyl groups excluding tert-OH is 1. The summed E-state index contributed by atoms with van der Waals surface area (Å²) in [6.07, 6.45) is -0.207. The van der Waals surface area contributed by atoms with Gasteiger partial charge in [-0.25, -0.2) is 4.57 Å². The molecular formula is C5H11O6P. The van der Waals surface area contributed by atoms with Crippen LogP contribution in [0.1, 0.15) is 13.3 Å². The van der Waals surface area contributed by atoms with Crippen LogP contribution in [0, 0.1) is 5.92 Å². The minimum Gasteiger partial charge on any atom is -0.396 e. The number of carbonyl (C=O) groups excluding carboxylic acids is 1. The summed E-state index contributed by atoms with van der Waals surface area (Å²) in [6.45, 7) is 1.33. The molecule has 0 amide bonds. The fraction of sp³-hybridized carbons (Fsp3) is 0.800. The van der Waals surface area contributed by atoms with E-state index >= 15 is 0 Å². The van der Waals surface area contributed by atoms with Crippen molar-refractivity contribution in [3.63, 3.8) is 0 Å². The largest absolute Gasteiger partial charge is 0.526 e. The van der Waals surface area contributed by atoms with E-state index < -0.39 is 13.8 Å². The van der Waals surface area contributed by atoms with Crippen molar-refractivity contribution in [1.29, 1.82) is 0 Å². The maximum Gasteiger partial charge on any atom is 0.526 e. The van der Waals surface area contributed by atoms with Crippen molar-refractivity contribution in [3.05, 3.63) is 0 Å². The molecule has 7 heteroatoms. The van der Waals surface area contributed by atoms with E-state index in [1.165, 1.54) is 0 Å². The Balaban J connectivity index is 3.83. The summed E-state index contributed by atoms with van der Waals surface area (Å²) in [5.74, 6) is -1.37. The number of aliphatic hydroxyl groups is 1. The Morgan fingerprint density at radius 3 is 2.42 bits per heavy atom. The molecule has 0 aliphatic heterocycles. The minimum absolute atomic E-state index is 0.207. The first-order valence-corrected chi connectivity index (χ1v) is 4.77. The second-order valence-electron chi connectivity index (χ2n) is 2.45. The minimum atomic E-state index is -4.72. The fourth-order valence-corrected chi connectivity index (χ4v) is 0.859. The molecule has 0 aliphatic rings. The van der Waals surface area contributed by atoms with Gasteiger partial charge in [-0.2, -0.15) is 0 Å². The lowest BCUT2D eigenvalue weighted by Gasteiger charge is -2.07. The van der Waals surface area contributed by atoms with Gasteiger partial charge in [0.1, 0.15) is 0 Å². The van der Waals surface area contributed by atoms with Crippen molar-refractivity contribution in [3.8, 4) is 0 Å². The summed E-state index contributed by atoms with van der Waals surface area (Å²) >= 11 is 0. The zero-order valence-corrected chi connectivity index (χ0v) is 7.40. The normalized spacial score (nSPS) is 14.0. The first-order valence-electron chi connectivity index (χ1n) is 3.24. The quantitative estimate of drug-likeness (QED) is 0.533. The van der Waals surface area contributed by atoms with Crippen LogP contribution >= 0.6 is 7.82 Å². The van der Waals surface area contributed by atoms with Gasteiger partial charge in [-0.1, -0.05) is 6.92 Å². The Morgan fingerprint density at radius 1 is 1.58 bits per heavy atom. The van der Waals surface area contributed by atoms with E-state index in [-0.39, 0.29) is 18.9 Å². The van der Waals surface area contributed by atoms with Gasteiger partial charge in [0.25, 0.3) is 0 Å². The average molecular weight is 198 g/mol. The molecule has 0 aliphatic carbocycles.